The van der Waals surface area contributed by atoms with Gasteiger partial charge in [-0.2, -0.15) is 0 Å². The molecule has 1 aromatic heterocycles. The van der Waals surface area contributed by atoms with E-state index in [-0.39, 0.29) is 18.3 Å². The number of unbranched alkanes of at least 4 members (excludes halogenated alkanes) is 1. The van der Waals surface area contributed by atoms with Crippen molar-refractivity contribution in [3.63, 3.8) is 0 Å². The SMILES string of the molecule is COCCCCN(Cc1ccccc1)C(=O)c1coc(CN)c1.Cl. The number of methoxy groups -OCH3 is 1. The van der Waals surface area contributed by atoms with Gasteiger partial charge in [0.2, 0.25) is 0 Å². The number of nitrogens with two attached hydrogens (primary N) is 1. The van der Waals surface area contributed by atoms with Gasteiger partial charge in [-0.3, -0.25) is 4.79 Å². The molecule has 0 saturated carbocycles. The monoisotopic (exact) mass is 352 g/mol. The highest BCUT2D eigenvalue weighted by Crippen LogP contribution is 2.14. The van der Waals surface area contributed by atoms with Crippen LogP contribution in [0.4, 0.5) is 0 Å². The molecule has 6 heteroatoms. The van der Waals surface area contributed by atoms with Gasteiger partial charge in [0.1, 0.15) is 12.0 Å². The Hall–Kier alpha value is -1.82. The van der Waals surface area contributed by atoms with Gasteiger partial charge >= 0.3 is 0 Å². The van der Waals surface area contributed by atoms with Gasteiger partial charge in [-0.1, -0.05) is 30.3 Å². The summed E-state index contributed by atoms with van der Waals surface area (Å²) in [6.45, 7) is 2.26. The number of furan rings is 1. The zero-order chi connectivity index (χ0) is 16.5. The first-order valence-electron chi connectivity index (χ1n) is 7.84. The molecule has 0 aliphatic carbocycles. The summed E-state index contributed by atoms with van der Waals surface area (Å²) in [5.74, 6) is 0.585. The van der Waals surface area contributed by atoms with E-state index in [1.165, 1.54) is 6.26 Å². The predicted octanol–water partition coefficient (Wildman–Crippen LogP) is 3.23. The molecule has 2 aromatic rings. The third kappa shape index (κ3) is 6.00. The van der Waals surface area contributed by atoms with Crippen molar-refractivity contribution >= 4 is 18.3 Å². The topological polar surface area (TPSA) is 68.7 Å². The minimum absolute atomic E-state index is 0. The van der Waals surface area contributed by atoms with Crippen LogP contribution in [0.5, 0.6) is 0 Å². The second-order valence-electron chi connectivity index (χ2n) is 5.42. The van der Waals surface area contributed by atoms with E-state index in [9.17, 15) is 4.79 Å². The Balaban J connectivity index is 0.00000288. The van der Waals surface area contributed by atoms with Crippen LogP contribution in [-0.2, 0) is 17.8 Å². The largest absolute Gasteiger partial charge is 0.467 e. The van der Waals surface area contributed by atoms with E-state index >= 15 is 0 Å². The molecule has 0 aliphatic rings. The van der Waals surface area contributed by atoms with Crippen molar-refractivity contribution in [3.8, 4) is 0 Å². The van der Waals surface area contributed by atoms with Crippen LogP contribution in [0.3, 0.4) is 0 Å². The van der Waals surface area contributed by atoms with Gasteiger partial charge in [-0.25, -0.2) is 0 Å². The summed E-state index contributed by atoms with van der Waals surface area (Å²) in [4.78, 5) is 14.6. The molecule has 0 unspecified atom stereocenters. The molecular weight excluding hydrogens is 328 g/mol. The highest BCUT2D eigenvalue weighted by atomic mass is 35.5. The quantitative estimate of drug-likeness (QED) is 0.703. The molecule has 1 aromatic carbocycles. The second kappa shape index (κ2) is 10.9. The third-order valence-corrected chi connectivity index (χ3v) is 3.63. The first-order chi connectivity index (χ1) is 11.2. The highest BCUT2D eigenvalue weighted by molar-refractivity contribution is 5.94. The fourth-order valence-electron chi connectivity index (χ4n) is 2.39. The molecule has 0 saturated heterocycles. The molecule has 0 fully saturated rings. The number of rotatable bonds is 9. The highest BCUT2D eigenvalue weighted by Gasteiger charge is 2.18. The van der Waals surface area contributed by atoms with Gasteiger partial charge in [0.15, 0.2) is 0 Å². The zero-order valence-electron chi connectivity index (χ0n) is 13.9. The van der Waals surface area contributed by atoms with Crippen LogP contribution in [0.1, 0.15) is 34.5 Å². The Morgan fingerprint density at radius 3 is 2.62 bits per heavy atom. The summed E-state index contributed by atoms with van der Waals surface area (Å²) in [7, 11) is 1.69. The van der Waals surface area contributed by atoms with E-state index in [0.717, 1.165) is 18.4 Å². The average Bonchev–Trinajstić information content (AvgIpc) is 3.07. The van der Waals surface area contributed by atoms with Crippen molar-refractivity contribution in [2.75, 3.05) is 20.3 Å². The van der Waals surface area contributed by atoms with Crippen LogP contribution >= 0.6 is 12.4 Å². The van der Waals surface area contributed by atoms with Crippen LogP contribution in [0.25, 0.3) is 0 Å². The number of carbonyl (C=O) groups is 1. The molecule has 1 heterocycles. The van der Waals surface area contributed by atoms with Gasteiger partial charge < -0.3 is 19.8 Å². The maximum atomic E-state index is 12.7. The number of hydrogen-bond donors (Lipinski definition) is 1. The van der Waals surface area contributed by atoms with E-state index in [4.69, 9.17) is 14.9 Å². The molecular formula is C18H25ClN2O3. The molecule has 0 radical (unpaired) electrons. The van der Waals surface area contributed by atoms with E-state index in [1.54, 1.807) is 13.2 Å². The van der Waals surface area contributed by atoms with Crippen molar-refractivity contribution in [1.29, 1.82) is 0 Å². The van der Waals surface area contributed by atoms with Gasteiger partial charge in [0, 0.05) is 26.8 Å². The average molecular weight is 353 g/mol. The number of carbonyl (C=O) groups excluding carboxylic acids is 1. The Morgan fingerprint density at radius 1 is 1.25 bits per heavy atom. The fraction of sp³-hybridized carbons (Fsp3) is 0.389. The standard InChI is InChI=1S/C18H24N2O3.ClH/c1-22-10-6-5-9-20(13-15-7-3-2-4-8-15)18(21)16-11-17(12-19)23-14-16;/h2-4,7-8,11,14H,5-6,9-10,12-13,19H2,1H3;1H. The first-order valence-corrected chi connectivity index (χ1v) is 7.84. The minimum Gasteiger partial charge on any atom is -0.467 e. The number of hydrogen-bond acceptors (Lipinski definition) is 4. The lowest BCUT2D eigenvalue weighted by Gasteiger charge is -2.22. The Bertz CT molecular complexity index is 601. The molecule has 0 bridgehead atoms. The Labute approximate surface area is 149 Å². The molecule has 0 atom stereocenters. The minimum atomic E-state index is -0.0327. The molecule has 2 rings (SSSR count). The molecule has 132 valence electrons. The summed E-state index contributed by atoms with van der Waals surface area (Å²) in [5, 5.41) is 0. The number of halogens is 1. The van der Waals surface area contributed by atoms with Gasteiger partial charge in [-0.05, 0) is 24.5 Å². The van der Waals surface area contributed by atoms with Crippen molar-refractivity contribution in [2.24, 2.45) is 5.73 Å². The zero-order valence-corrected chi connectivity index (χ0v) is 14.8. The lowest BCUT2D eigenvalue weighted by Crippen LogP contribution is -2.31. The normalized spacial score (nSPS) is 10.2. The van der Waals surface area contributed by atoms with Gasteiger partial charge in [-0.15, -0.1) is 12.4 Å². The maximum absolute atomic E-state index is 12.7. The lowest BCUT2D eigenvalue weighted by atomic mass is 10.1. The van der Waals surface area contributed by atoms with Crippen molar-refractivity contribution < 1.29 is 13.9 Å². The Morgan fingerprint density at radius 2 is 2.00 bits per heavy atom. The van der Waals surface area contributed by atoms with Crippen molar-refractivity contribution in [2.45, 2.75) is 25.9 Å². The molecule has 5 nitrogen and oxygen atoms in total. The predicted molar refractivity (Wildman–Crippen MR) is 96.1 cm³/mol. The van der Waals surface area contributed by atoms with Crippen molar-refractivity contribution in [1.82, 2.24) is 4.90 Å². The number of ether oxygens (including phenoxy) is 1. The summed E-state index contributed by atoms with van der Waals surface area (Å²) in [6.07, 6.45) is 3.31. The van der Waals surface area contributed by atoms with E-state index in [1.807, 2.05) is 35.2 Å². The van der Waals surface area contributed by atoms with Crippen LogP contribution in [0, 0.1) is 0 Å². The molecule has 2 N–H and O–H groups in total. The number of benzene rings is 1. The van der Waals surface area contributed by atoms with Gasteiger partial charge in [0.05, 0.1) is 12.1 Å². The summed E-state index contributed by atoms with van der Waals surface area (Å²) >= 11 is 0. The van der Waals surface area contributed by atoms with Gasteiger partial charge in [0.25, 0.3) is 5.91 Å². The summed E-state index contributed by atoms with van der Waals surface area (Å²) in [5.41, 5.74) is 7.20. The van der Waals surface area contributed by atoms with E-state index < -0.39 is 0 Å². The Kier molecular flexibility index (Phi) is 9.15. The van der Waals surface area contributed by atoms with Crippen LogP contribution in [0.15, 0.2) is 47.1 Å². The molecule has 24 heavy (non-hydrogen) atoms. The van der Waals surface area contributed by atoms with Crippen molar-refractivity contribution in [3.05, 3.63) is 59.5 Å². The van der Waals surface area contributed by atoms with Crippen LogP contribution in [0.2, 0.25) is 0 Å². The second-order valence-corrected chi connectivity index (χ2v) is 5.42. The van der Waals surface area contributed by atoms with Crippen LogP contribution < -0.4 is 5.73 Å². The smallest absolute Gasteiger partial charge is 0.257 e. The number of amides is 1. The summed E-state index contributed by atoms with van der Waals surface area (Å²) < 4.78 is 10.4. The van der Waals surface area contributed by atoms with Crippen LogP contribution in [-0.4, -0.2) is 31.1 Å². The third-order valence-electron chi connectivity index (χ3n) is 3.63. The summed E-state index contributed by atoms with van der Waals surface area (Å²) in [6, 6.07) is 11.7. The van der Waals surface area contributed by atoms with E-state index in [0.29, 0.717) is 37.6 Å². The first kappa shape index (κ1) is 20.2. The lowest BCUT2D eigenvalue weighted by molar-refractivity contribution is 0.0734. The molecule has 0 aliphatic heterocycles. The fourth-order valence-corrected chi connectivity index (χ4v) is 2.39. The molecule has 1 amide bonds. The maximum Gasteiger partial charge on any atom is 0.257 e. The number of nitrogens with zero attached hydrogens (tertiary/aromatic N) is 1. The molecule has 0 spiro atoms. The van der Waals surface area contributed by atoms with E-state index in [2.05, 4.69) is 0 Å².